The molecular formula is C19H36O4. The molecule has 0 fully saturated rings. The Morgan fingerprint density at radius 1 is 0.696 bits per heavy atom. The van der Waals surface area contributed by atoms with Crippen molar-refractivity contribution in [1.29, 1.82) is 0 Å². The Bertz CT molecular complexity index is 334. The molecule has 4 heteroatoms. The molecule has 0 aromatic heterocycles. The van der Waals surface area contributed by atoms with Gasteiger partial charge in [0.1, 0.15) is 0 Å². The summed E-state index contributed by atoms with van der Waals surface area (Å²) in [6.07, 6.45) is 0.801. The summed E-state index contributed by atoms with van der Waals surface area (Å²) in [5.74, 6) is -0.660. The third-order valence-corrected chi connectivity index (χ3v) is 3.65. The van der Waals surface area contributed by atoms with Crippen molar-refractivity contribution in [3.8, 4) is 0 Å². The van der Waals surface area contributed by atoms with Gasteiger partial charge in [0.15, 0.2) is 5.92 Å². The lowest BCUT2D eigenvalue weighted by molar-refractivity contribution is -0.167. The van der Waals surface area contributed by atoms with E-state index in [9.17, 15) is 9.59 Å². The zero-order valence-electron chi connectivity index (χ0n) is 16.2. The van der Waals surface area contributed by atoms with Crippen molar-refractivity contribution < 1.29 is 19.1 Å². The zero-order valence-corrected chi connectivity index (χ0v) is 16.2. The standard InChI is InChI=1S/C19H36O4/c1-12(2)9-16(15(7)8)17(18(20)22-10-13(3)4)19(21)23-11-14(5)6/h12-17H,9-11H2,1-8H3. The van der Waals surface area contributed by atoms with Gasteiger partial charge in [-0.1, -0.05) is 55.4 Å². The van der Waals surface area contributed by atoms with Gasteiger partial charge in [0, 0.05) is 0 Å². The minimum absolute atomic E-state index is 0.0608. The van der Waals surface area contributed by atoms with Crippen LogP contribution < -0.4 is 0 Å². The van der Waals surface area contributed by atoms with Crippen molar-refractivity contribution in [3.05, 3.63) is 0 Å². The summed E-state index contributed by atoms with van der Waals surface area (Å²) < 4.78 is 10.7. The average molecular weight is 328 g/mol. The summed E-state index contributed by atoms with van der Waals surface area (Å²) >= 11 is 0. The SMILES string of the molecule is CC(C)COC(=O)C(C(=O)OCC(C)C)C(CC(C)C)C(C)C. The number of carbonyl (C=O) groups is 2. The largest absolute Gasteiger partial charge is 0.465 e. The Morgan fingerprint density at radius 3 is 1.35 bits per heavy atom. The zero-order chi connectivity index (χ0) is 18.2. The predicted octanol–water partition coefficient (Wildman–Crippen LogP) is 4.32. The van der Waals surface area contributed by atoms with Crippen LogP contribution >= 0.6 is 0 Å². The third kappa shape index (κ3) is 8.97. The molecule has 0 aromatic rings. The number of hydrogen-bond acceptors (Lipinski definition) is 4. The van der Waals surface area contributed by atoms with Crippen molar-refractivity contribution in [3.63, 3.8) is 0 Å². The van der Waals surface area contributed by atoms with Crippen LogP contribution in [0.1, 0.15) is 61.8 Å². The first-order chi connectivity index (χ1) is 10.6. The minimum Gasteiger partial charge on any atom is -0.465 e. The Kier molecular flexibility index (Phi) is 10.2. The van der Waals surface area contributed by atoms with Crippen molar-refractivity contribution in [2.45, 2.75) is 61.8 Å². The average Bonchev–Trinajstić information content (AvgIpc) is 2.41. The number of ether oxygens (including phenoxy) is 2. The predicted molar refractivity (Wildman–Crippen MR) is 92.9 cm³/mol. The van der Waals surface area contributed by atoms with Crippen LogP contribution in [0.25, 0.3) is 0 Å². The molecule has 0 aliphatic rings. The molecule has 0 amide bonds. The van der Waals surface area contributed by atoms with E-state index < -0.39 is 17.9 Å². The fourth-order valence-corrected chi connectivity index (χ4v) is 2.46. The van der Waals surface area contributed by atoms with Gasteiger partial charge in [0.05, 0.1) is 13.2 Å². The lowest BCUT2D eigenvalue weighted by atomic mass is 9.78. The van der Waals surface area contributed by atoms with E-state index in [-0.39, 0.29) is 23.7 Å². The third-order valence-electron chi connectivity index (χ3n) is 3.65. The van der Waals surface area contributed by atoms with Crippen LogP contribution in [-0.2, 0) is 19.1 Å². The monoisotopic (exact) mass is 328 g/mol. The first-order valence-corrected chi connectivity index (χ1v) is 8.89. The first kappa shape index (κ1) is 21.9. The second kappa shape index (κ2) is 10.7. The van der Waals surface area contributed by atoms with Gasteiger partial charge in [-0.05, 0) is 36.0 Å². The van der Waals surface area contributed by atoms with Gasteiger partial charge in [-0.3, -0.25) is 9.59 Å². The summed E-state index contributed by atoms with van der Waals surface area (Å²) in [6, 6.07) is 0. The number of carbonyl (C=O) groups excluding carboxylic acids is 2. The van der Waals surface area contributed by atoms with Crippen LogP contribution in [0, 0.1) is 35.5 Å². The van der Waals surface area contributed by atoms with Gasteiger partial charge in [-0.2, -0.15) is 0 Å². The topological polar surface area (TPSA) is 52.6 Å². The van der Waals surface area contributed by atoms with Gasteiger partial charge >= 0.3 is 11.9 Å². The van der Waals surface area contributed by atoms with Crippen molar-refractivity contribution >= 4 is 11.9 Å². The van der Waals surface area contributed by atoms with Crippen molar-refractivity contribution in [1.82, 2.24) is 0 Å². The maximum atomic E-state index is 12.5. The summed E-state index contributed by atoms with van der Waals surface area (Å²) in [5, 5.41) is 0. The second-order valence-corrected chi connectivity index (χ2v) is 8.06. The van der Waals surface area contributed by atoms with Crippen LogP contribution in [0.15, 0.2) is 0 Å². The highest BCUT2D eigenvalue weighted by molar-refractivity contribution is 5.95. The highest BCUT2D eigenvalue weighted by Gasteiger charge is 2.39. The van der Waals surface area contributed by atoms with Crippen LogP contribution in [-0.4, -0.2) is 25.2 Å². The van der Waals surface area contributed by atoms with Gasteiger partial charge in [-0.15, -0.1) is 0 Å². The Hall–Kier alpha value is -1.06. The number of esters is 2. The van der Waals surface area contributed by atoms with Gasteiger partial charge < -0.3 is 9.47 Å². The van der Waals surface area contributed by atoms with Gasteiger partial charge in [0.2, 0.25) is 0 Å². The molecule has 0 aliphatic carbocycles. The summed E-state index contributed by atoms with van der Waals surface area (Å²) in [6.45, 7) is 16.9. The van der Waals surface area contributed by atoms with Crippen LogP contribution in [0.5, 0.6) is 0 Å². The van der Waals surface area contributed by atoms with E-state index in [0.717, 1.165) is 6.42 Å². The van der Waals surface area contributed by atoms with Crippen LogP contribution in [0.2, 0.25) is 0 Å². The summed E-state index contributed by atoms with van der Waals surface area (Å²) in [5.41, 5.74) is 0. The molecule has 0 rings (SSSR count). The number of rotatable bonds is 10. The Morgan fingerprint density at radius 2 is 1.09 bits per heavy atom. The summed E-state index contributed by atoms with van der Waals surface area (Å²) in [7, 11) is 0. The van der Waals surface area contributed by atoms with E-state index in [2.05, 4.69) is 13.8 Å². The molecule has 136 valence electrons. The molecule has 0 heterocycles. The smallest absolute Gasteiger partial charge is 0.320 e. The highest BCUT2D eigenvalue weighted by atomic mass is 16.6. The lowest BCUT2D eigenvalue weighted by Gasteiger charge is -2.29. The Balaban J connectivity index is 5.22. The normalized spacial score (nSPS) is 13.3. The summed E-state index contributed by atoms with van der Waals surface area (Å²) in [4.78, 5) is 25.1. The molecular weight excluding hydrogens is 292 g/mol. The molecule has 1 unspecified atom stereocenters. The first-order valence-electron chi connectivity index (χ1n) is 8.89. The molecule has 23 heavy (non-hydrogen) atoms. The molecule has 0 N–H and O–H groups in total. The maximum Gasteiger partial charge on any atom is 0.320 e. The molecule has 1 atom stereocenters. The van der Waals surface area contributed by atoms with Crippen molar-refractivity contribution in [2.75, 3.05) is 13.2 Å². The van der Waals surface area contributed by atoms with E-state index in [0.29, 0.717) is 19.1 Å². The fourth-order valence-electron chi connectivity index (χ4n) is 2.46. The fraction of sp³-hybridized carbons (Fsp3) is 0.895. The van der Waals surface area contributed by atoms with E-state index in [1.165, 1.54) is 0 Å². The minimum atomic E-state index is -0.824. The van der Waals surface area contributed by atoms with E-state index in [1.54, 1.807) is 0 Å². The molecule has 4 nitrogen and oxygen atoms in total. The number of hydrogen-bond donors (Lipinski definition) is 0. The van der Waals surface area contributed by atoms with Crippen LogP contribution in [0.4, 0.5) is 0 Å². The molecule has 0 radical (unpaired) electrons. The second-order valence-electron chi connectivity index (χ2n) is 8.06. The highest BCUT2D eigenvalue weighted by Crippen LogP contribution is 2.30. The lowest BCUT2D eigenvalue weighted by Crippen LogP contribution is -2.38. The quantitative estimate of drug-likeness (QED) is 0.443. The molecule has 0 aliphatic heterocycles. The molecule has 0 aromatic carbocycles. The van der Waals surface area contributed by atoms with E-state index in [4.69, 9.17) is 9.47 Å². The van der Waals surface area contributed by atoms with Gasteiger partial charge in [0.25, 0.3) is 0 Å². The maximum absolute atomic E-state index is 12.5. The van der Waals surface area contributed by atoms with E-state index >= 15 is 0 Å². The molecule has 0 saturated heterocycles. The molecule has 0 spiro atoms. The Labute approximate surface area is 142 Å². The molecule has 0 bridgehead atoms. The van der Waals surface area contributed by atoms with E-state index in [1.807, 2.05) is 41.5 Å². The molecule has 0 saturated carbocycles. The van der Waals surface area contributed by atoms with Crippen LogP contribution in [0.3, 0.4) is 0 Å². The van der Waals surface area contributed by atoms with Gasteiger partial charge in [-0.25, -0.2) is 0 Å². The van der Waals surface area contributed by atoms with Crippen molar-refractivity contribution in [2.24, 2.45) is 35.5 Å².